The Kier molecular flexibility index (Phi) is 6.33. The molecule has 1 saturated heterocycles. The predicted octanol–water partition coefficient (Wildman–Crippen LogP) is 3.92. The Morgan fingerprint density at radius 1 is 1.03 bits per heavy atom. The van der Waals surface area contributed by atoms with E-state index in [-0.39, 0.29) is 17.4 Å². The fourth-order valence-corrected chi connectivity index (χ4v) is 3.76. The number of anilines is 1. The number of hydrogen-bond acceptors (Lipinski definition) is 7. The van der Waals surface area contributed by atoms with Gasteiger partial charge in [-0.15, -0.1) is 0 Å². The van der Waals surface area contributed by atoms with Gasteiger partial charge in [0.25, 0.3) is 11.8 Å². The van der Waals surface area contributed by atoms with Crippen LogP contribution in [-0.2, 0) is 4.74 Å². The van der Waals surface area contributed by atoms with Crippen LogP contribution in [0.5, 0.6) is 17.2 Å². The molecule has 1 N–H and O–H groups in total. The highest BCUT2D eigenvalue weighted by molar-refractivity contribution is 6.04. The molecule has 180 valence electrons. The monoisotopic (exact) mass is 474 g/mol. The number of ether oxygens (including phenoxy) is 3. The Bertz CT molecular complexity index is 1210. The molecule has 0 unspecified atom stereocenters. The fourth-order valence-electron chi connectivity index (χ4n) is 3.76. The van der Waals surface area contributed by atoms with Crippen LogP contribution >= 0.6 is 0 Å². The number of hydrogen-bond donors (Lipinski definition) is 1. The molecule has 2 fully saturated rings. The number of nitrogens with one attached hydrogen (secondary N) is 1. The number of pyridine rings is 2. The Hall–Kier alpha value is -3.98. The maximum atomic E-state index is 13.0. The molecule has 5 rings (SSSR count). The lowest BCUT2D eigenvalue weighted by Gasteiger charge is -2.30. The van der Waals surface area contributed by atoms with Gasteiger partial charge in [0, 0.05) is 38.0 Å². The van der Waals surface area contributed by atoms with Gasteiger partial charge < -0.3 is 24.4 Å². The summed E-state index contributed by atoms with van der Waals surface area (Å²) in [6.45, 7) is 1.99. The summed E-state index contributed by atoms with van der Waals surface area (Å²) < 4.78 is 17.5. The number of aromatic nitrogens is 2. The van der Waals surface area contributed by atoms with Crippen molar-refractivity contribution in [3.05, 3.63) is 72.2 Å². The highest BCUT2D eigenvalue weighted by atomic mass is 16.5. The van der Waals surface area contributed by atoms with E-state index in [0.29, 0.717) is 40.9 Å². The van der Waals surface area contributed by atoms with E-state index < -0.39 is 0 Å². The summed E-state index contributed by atoms with van der Waals surface area (Å²) in [5.74, 6) is 1.36. The fraction of sp³-hybridized carbons (Fsp3) is 0.308. The van der Waals surface area contributed by atoms with E-state index in [0.717, 1.165) is 32.4 Å². The molecule has 35 heavy (non-hydrogen) atoms. The number of carbonyl (C=O) groups excluding carboxylic acids is 2. The van der Waals surface area contributed by atoms with Crippen LogP contribution in [0.15, 0.2) is 60.9 Å². The number of nitrogens with zero attached hydrogens (tertiary/aromatic N) is 3. The third-order valence-electron chi connectivity index (χ3n) is 5.93. The summed E-state index contributed by atoms with van der Waals surface area (Å²) in [5, 5.41) is 2.78. The van der Waals surface area contributed by atoms with E-state index in [1.807, 2.05) is 0 Å². The first-order valence-electron chi connectivity index (χ1n) is 11.5. The van der Waals surface area contributed by atoms with Crippen LogP contribution in [0, 0.1) is 0 Å². The smallest absolute Gasteiger partial charge is 0.272 e. The van der Waals surface area contributed by atoms with Crippen LogP contribution in [0.4, 0.5) is 5.82 Å². The minimum atomic E-state index is -0.386. The van der Waals surface area contributed by atoms with E-state index in [1.165, 1.54) is 6.20 Å². The molecule has 0 atom stereocenters. The summed E-state index contributed by atoms with van der Waals surface area (Å²) in [6.07, 6.45) is 5.87. The van der Waals surface area contributed by atoms with Crippen molar-refractivity contribution in [1.82, 2.24) is 14.9 Å². The summed E-state index contributed by atoms with van der Waals surface area (Å²) in [5.41, 5.74) is 0.344. The molecule has 9 nitrogen and oxygen atoms in total. The van der Waals surface area contributed by atoms with E-state index in [2.05, 4.69) is 15.3 Å². The lowest BCUT2D eigenvalue weighted by atomic mass is 10.1. The van der Waals surface area contributed by atoms with Gasteiger partial charge >= 0.3 is 0 Å². The van der Waals surface area contributed by atoms with Gasteiger partial charge in [-0.2, -0.15) is 0 Å². The molecule has 0 bridgehead atoms. The number of methoxy groups -OCH3 is 1. The van der Waals surface area contributed by atoms with Crippen LogP contribution in [0.25, 0.3) is 0 Å². The van der Waals surface area contributed by atoms with Crippen molar-refractivity contribution in [2.75, 3.05) is 32.1 Å². The number of carbonyl (C=O) groups is 2. The van der Waals surface area contributed by atoms with Gasteiger partial charge in [0.15, 0.2) is 0 Å². The van der Waals surface area contributed by atoms with Gasteiger partial charge in [-0.1, -0.05) is 6.07 Å². The first-order valence-corrected chi connectivity index (χ1v) is 11.5. The van der Waals surface area contributed by atoms with Crippen molar-refractivity contribution < 1.29 is 23.8 Å². The highest BCUT2D eigenvalue weighted by Crippen LogP contribution is 2.41. The Morgan fingerprint density at radius 3 is 2.49 bits per heavy atom. The first-order chi connectivity index (χ1) is 17.0. The van der Waals surface area contributed by atoms with Crippen molar-refractivity contribution in [1.29, 1.82) is 0 Å². The lowest BCUT2D eigenvalue weighted by molar-refractivity contribution is 0.0636. The standard InChI is InChI=1S/C26H26N4O5/c1-33-17-26(8-9-26)35-21-14-18(24(31)29-23-5-2-3-10-27-23)13-20(15-21)34-19-6-7-22(28-16-19)25(32)30-11-4-12-30/h2-3,5-7,10,13-16H,4,8-9,11-12,17H2,1H3,(H,27,29,31). The van der Waals surface area contributed by atoms with Crippen molar-refractivity contribution in [2.24, 2.45) is 0 Å². The molecule has 2 aromatic heterocycles. The molecule has 1 aromatic carbocycles. The van der Waals surface area contributed by atoms with Gasteiger partial charge in [0.05, 0.1) is 12.8 Å². The van der Waals surface area contributed by atoms with Crippen LogP contribution < -0.4 is 14.8 Å². The zero-order valence-electron chi connectivity index (χ0n) is 19.4. The van der Waals surface area contributed by atoms with E-state index >= 15 is 0 Å². The zero-order chi connectivity index (χ0) is 24.3. The number of rotatable bonds is 9. The molecule has 3 aromatic rings. The molecule has 0 radical (unpaired) electrons. The van der Waals surface area contributed by atoms with Gasteiger partial charge in [-0.3, -0.25) is 9.59 Å². The minimum Gasteiger partial charge on any atom is -0.485 e. The summed E-state index contributed by atoms with van der Waals surface area (Å²) in [4.78, 5) is 35.5. The average molecular weight is 475 g/mol. The topological polar surface area (TPSA) is 103 Å². The summed E-state index contributed by atoms with van der Waals surface area (Å²) in [7, 11) is 1.64. The van der Waals surface area contributed by atoms with Crippen molar-refractivity contribution in [3.8, 4) is 17.2 Å². The molecule has 0 spiro atoms. The SMILES string of the molecule is COCC1(Oc2cc(Oc3ccc(C(=O)N4CCC4)nc3)cc(C(=O)Nc3ccccn3)c2)CC1. The molecule has 2 aliphatic rings. The molecular formula is C26H26N4O5. The number of likely N-dealkylation sites (tertiary alicyclic amines) is 1. The molecule has 1 saturated carbocycles. The van der Waals surface area contributed by atoms with Crippen molar-refractivity contribution in [2.45, 2.75) is 24.9 Å². The summed E-state index contributed by atoms with van der Waals surface area (Å²) in [6, 6.07) is 13.6. The van der Waals surface area contributed by atoms with Gasteiger partial charge in [-0.05, 0) is 55.7 Å². The van der Waals surface area contributed by atoms with Crippen LogP contribution in [0.2, 0.25) is 0 Å². The zero-order valence-corrected chi connectivity index (χ0v) is 19.4. The minimum absolute atomic E-state index is 0.0837. The van der Waals surface area contributed by atoms with Crippen LogP contribution in [0.1, 0.15) is 40.1 Å². The first kappa shape index (κ1) is 22.8. The molecule has 3 heterocycles. The van der Waals surface area contributed by atoms with Crippen LogP contribution in [0.3, 0.4) is 0 Å². The molecule has 2 amide bonds. The Labute approximate surface area is 203 Å². The van der Waals surface area contributed by atoms with E-state index in [9.17, 15) is 9.59 Å². The van der Waals surface area contributed by atoms with Gasteiger partial charge in [0.1, 0.15) is 34.4 Å². The normalized spacial score (nSPS) is 15.6. The average Bonchev–Trinajstić information content (AvgIpc) is 3.58. The maximum Gasteiger partial charge on any atom is 0.272 e. The third-order valence-corrected chi connectivity index (χ3v) is 5.93. The Morgan fingerprint density at radius 2 is 1.86 bits per heavy atom. The highest BCUT2D eigenvalue weighted by Gasteiger charge is 2.45. The number of amides is 2. The second-order valence-corrected chi connectivity index (χ2v) is 8.71. The third kappa shape index (κ3) is 5.41. The Balaban J connectivity index is 1.37. The van der Waals surface area contributed by atoms with Gasteiger partial charge in [0.2, 0.25) is 0 Å². The predicted molar refractivity (Wildman–Crippen MR) is 128 cm³/mol. The lowest BCUT2D eigenvalue weighted by Crippen LogP contribution is -2.42. The van der Waals surface area contributed by atoms with Crippen LogP contribution in [-0.4, -0.2) is 59.1 Å². The molecule has 1 aliphatic carbocycles. The van der Waals surface area contributed by atoms with Crippen molar-refractivity contribution >= 4 is 17.6 Å². The maximum absolute atomic E-state index is 13.0. The van der Waals surface area contributed by atoms with Crippen molar-refractivity contribution in [3.63, 3.8) is 0 Å². The molecule has 9 heteroatoms. The van der Waals surface area contributed by atoms with Gasteiger partial charge in [-0.25, -0.2) is 9.97 Å². The molecule has 1 aliphatic heterocycles. The largest absolute Gasteiger partial charge is 0.485 e. The summed E-state index contributed by atoms with van der Waals surface area (Å²) >= 11 is 0. The van der Waals surface area contributed by atoms with E-state index in [4.69, 9.17) is 14.2 Å². The second kappa shape index (κ2) is 9.71. The number of benzene rings is 1. The second-order valence-electron chi connectivity index (χ2n) is 8.71. The van der Waals surface area contributed by atoms with E-state index in [1.54, 1.807) is 66.7 Å². The molecular weight excluding hydrogens is 448 g/mol. The quantitative estimate of drug-likeness (QED) is 0.501.